The number of aryl methyl sites for hydroxylation is 1. The summed E-state index contributed by atoms with van der Waals surface area (Å²) < 4.78 is 60.3. The van der Waals surface area contributed by atoms with E-state index in [0.717, 1.165) is 16.7 Å². The first kappa shape index (κ1) is 26.8. The molecule has 0 aliphatic carbocycles. The number of aliphatic hydroxyl groups is 4. The van der Waals surface area contributed by atoms with Crippen LogP contribution in [-0.4, -0.2) is 80.7 Å². The molecule has 2 aliphatic heterocycles. The largest absolute Gasteiger partial charge is 0.443 e. The standard InChI is InChI=1S/C24H31F3N2O7/c1-2-13-3-5-14(6-4-13)9-16-21(24(25,26)27)29(10-15-7-8-34-12-15)28-22(16)36-23-20(33)19(32)18(31)17(11-30)35-23/h3-6,15,17-20,23,30-33H,2,7-12H2,1H3/t15?,17-,18-,19+,20-,23+/m1/s1. The van der Waals surface area contributed by atoms with Crippen LogP contribution in [0.25, 0.3) is 0 Å². The molecule has 4 rings (SSSR count). The van der Waals surface area contributed by atoms with Crippen LogP contribution in [0.15, 0.2) is 24.3 Å². The number of ether oxygens (including phenoxy) is 3. The molecule has 0 spiro atoms. The van der Waals surface area contributed by atoms with E-state index in [9.17, 15) is 33.6 Å². The Balaban J connectivity index is 1.73. The van der Waals surface area contributed by atoms with E-state index in [0.29, 0.717) is 25.2 Å². The monoisotopic (exact) mass is 516 g/mol. The van der Waals surface area contributed by atoms with Gasteiger partial charge in [0.2, 0.25) is 12.2 Å². The summed E-state index contributed by atoms with van der Waals surface area (Å²) in [6, 6.07) is 7.14. The molecule has 2 aromatic rings. The Labute approximate surface area is 206 Å². The summed E-state index contributed by atoms with van der Waals surface area (Å²) in [6.45, 7) is 1.99. The number of aliphatic hydroxyl groups excluding tert-OH is 4. The Hall–Kier alpha value is -2.22. The van der Waals surface area contributed by atoms with Gasteiger partial charge in [0.15, 0.2) is 0 Å². The molecule has 4 N–H and O–H groups in total. The quantitative estimate of drug-likeness (QED) is 0.413. The molecule has 1 aromatic carbocycles. The maximum Gasteiger partial charge on any atom is 0.433 e. The Bertz CT molecular complexity index is 1010. The van der Waals surface area contributed by atoms with Crippen LogP contribution in [0.5, 0.6) is 5.88 Å². The average Bonchev–Trinajstić information content (AvgIpc) is 3.47. The summed E-state index contributed by atoms with van der Waals surface area (Å²) in [5, 5.41) is 44.0. The Morgan fingerprint density at radius 2 is 1.78 bits per heavy atom. The minimum absolute atomic E-state index is 0.0470. The highest BCUT2D eigenvalue weighted by atomic mass is 19.4. The van der Waals surface area contributed by atoms with Crippen molar-refractivity contribution < 1.29 is 47.8 Å². The first-order valence-electron chi connectivity index (χ1n) is 11.9. The molecule has 0 radical (unpaired) electrons. The molecule has 200 valence electrons. The first-order valence-corrected chi connectivity index (χ1v) is 11.9. The van der Waals surface area contributed by atoms with Gasteiger partial charge in [-0.2, -0.15) is 13.2 Å². The molecule has 2 fully saturated rings. The van der Waals surface area contributed by atoms with Crippen molar-refractivity contribution in [2.75, 3.05) is 19.8 Å². The third-order valence-electron chi connectivity index (χ3n) is 6.63. The summed E-state index contributed by atoms with van der Waals surface area (Å²) in [4.78, 5) is 0. The Morgan fingerprint density at radius 3 is 2.36 bits per heavy atom. The molecule has 9 nitrogen and oxygen atoms in total. The van der Waals surface area contributed by atoms with Crippen LogP contribution in [0, 0.1) is 5.92 Å². The molecule has 36 heavy (non-hydrogen) atoms. The number of nitrogens with zero attached hydrogens (tertiary/aromatic N) is 2. The summed E-state index contributed by atoms with van der Waals surface area (Å²) in [6.07, 6.45) is -11.7. The fourth-order valence-corrected chi connectivity index (χ4v) is 4.52. The zero-order valence-corrected chi connectivity index (χ0v) is 19.8. The van der Waals surface area contributed by atoms with Crippen molar-refractivity contribution in [2.45, 2.75) is 69.6 Å². The van der Waals surface area contributed by atoms with Gasteiger partial charge in [-0.3, -0.25) is 4.68 Å². The summed E-state index contributed by atoms with van der Waals surface area (Å²) in [7, 11) is 0. The summed E-state index contributed by atoms with van der Waals surface area (Å²) in [5.74, 6) is -0.576. The van der Waals surface area contributed by atoms with Crippen molar-refractivity contribution in [3.05, 3.63) is 46.6 Å². The second kappa shape index (κ2) is 11.0. The number of aromatic nitrogens is 2. The second-order valence-electron chi connectivity index (χ2n) is 9.20. The average molecular weight is 517 g/mol. The van der Waals surface area contributed by atoms with Crippen LogP contribution in [0.1, 0.15) is 35.7 Å². The van der Waals surface area contributed by atoms with E-state index in [1.54, 1.807) is 12.1 Å². The lowest BCUT2D eigenvalue weighted by atomic mass is 9.99. The van der Waals surface area contributed by atoms with Gasteiger partial charge in [-0.25, -0.2) is 0 Å². The van der Waals surface area contributed by atoms with E-state index in [4.69, 9.17) is 14.2 Å². The molecular weight excluding hydrogens is 485 g/mol. The highest BCUT2D eigenvalue weighted by molar-refractivity contribution is 5.39. The fourth-order valence-electron chi connectivity index (χ4n) is 4.52. The molecule has 2 saturated heterocycles. The van der Waals surface area contributed by atoms with Gasteiger partial charge in [-0.1, -0.05) is 31.2 Å². The molecule has 12 heteroatoms. The van der Waals surface area contributed by atoms with Crippen LogP contribution >= 0.6 is 0 Å². The van der Waals surface area contributed by atoms with Gasteiger partial charge < -0.3 is 34.6 Å². The zero-order valence-electron chi connectivity index (χ0n) is 19.8. The molecule has 0 bridgehead atoms. The molecule has 1 aromatic heterocycles. The number of hydrogen-bond acceptors (Lipinski definition) is 8. The van der Waals surface area contributed by atoms with Gasteiger partial charge in [-0.05, 0) is 24.0 Å². The van der Waals surface area contributed by atoms with Crippen LogP contribution in [-0.2, 0) is 35.0 Å². The SMILES string of the molecule is CCc1ccc(Cc2c(O[C@@H]3O[C@H](CO)[C@@H](O)[C@H](O)[C@H]3O)nn(CC3CCOC3)c2C(F)(F)F)cc1. The van der Waals surface area contributed by atoms with Crippen molar-refractivity contribution in [1.29, 1.82) is 0 Å². The normalized spacial score (nSPS) is 29.0. The van der Waals surface area contributed by atoms with E-state index >= 15 is 0 Å². The lowest BCUT2D eigenvalue weighted by Gasteiger charge is -2.39. The van der Waals surface area contributed by atoms with E-state index in [1.165, 1.54) is 0 Å². The number of benzene rings is 1. The lowest BCUT2D eigenvalue weighted by Crippen LogP contribution is -2.60. The highest BCUT2D eigenvalue weighted by Crippen LogP contribution is 2.39. The van der Waals surface area contributed by atoms with E-state index in [-0.39, 0.29) is 24.4 Å². The highest BCUT2D eigenvalue weighted by Gasteiger charge is 2.47. The lowest BCUT2D eigenvalue weighted by molar-refractivity contribution is -0.278. The van der Waals surface area contributed by atoms with Crippen LogP contribution in [0.4, 0.5) is 13.2 Å². The van der Waals surface area contributed by atoms with Crippen LogP contribution in [0.2, 0.25) is 0 Å². The van der Waals surface area contributed by atoms with Crippen molar-refractivity contribution in [3.8, 4) is 5.88 Å². The topological polar surface area (TPSA) is 126 Å². The maximum absolute atomic E-state index is 14.4. The fraction of sp³-hybridized carbons (Fsp3) is 0.625. The molecule has 3 heterocycles. The predicted octanol–water partition coefficient (Wildman–Crippen LogP) is 1.27. The summed E-state index contributed by atoms with van der Waals surface area (Å²) in [5.41, 5.74) is 0.404. The van der Waals surface area contributed by atoms with E-state index in [2.05, 4.69) is 5.10 Å². The number of rotatable bonds is 8. The molecule has 0 saturated carbocycles. The van der Waals surface area contributed by atoms with Crippen LogP contribution < -0.4 is 4.74 Å². The smallest absolute Gasteiger partial charge is 0.433 e. The van der Waals surface area contributed by atoms with Gasteiger partial charge in [0.1, 0.15) is 30.1 Å². The first-order chi connectivity index (χ1) is 17.1. The van der Waals surface area contributed by atoms with Crippen LogP contribution in [0.3, 0.4) is 0 Å². The van der Waals surface area contributed by atoms with Gasteiger partial charge in [0.25, 0.3) is 0 Å². The minimum atomic E-state index is -4.76. The van der Waals surface area contributed by atoms with E-state index < -0.39 is 55.1 Å². The van der Waals surface area contributed by atoms with Gasteiger partial charge in [0, 0.05) is 25.5 Å². The van der Waals surface area contributed by atoms with Crippen molar-refractivity contribution in [2.24, 2.45) is 5.92 Å². The Kier molecular flexibility index (Phi) is 8.22. The molecule has 0 amide bonds. The van der Waals surface area contributed by atoms with Gasteiger partial charge in [-0.15, -0.1) is 5.10 Å². The molecule has 2 aliphatic rings. The third kappa shape index (κ3) is 5.68. The van der Waals surface area contributed by atoms with Crippen molar-refractivity contribution in [1.82, 2.24) is 9.78 Å². The number of alkyl halides is 3. The zero-order chi connectivity index (χ0) is 26.0. The van der Waals surface area contributed by atoms with Crippen molar-refractivity contribution in [3.63, 3.8) is 0 Å². The molecular formula is C24H31F3N2O7. The van der Waals surface area contributed by atoms with Crippen molar-refractivity contribution >= 4 is 0 Å². The third-order valence-corrected chi connectivity index (χ3v) is 6.63. The Morgan fingerprint density at radius 1 is 1.08 bits per heavy atom. The maximum atomic E-state index is 14.4. The van der Waals surface area contributed by atoms with E-state index in [1.807, 2.05) is 19.1 Å². The minimum Gasteiger partial charge on any atom is -0.443 e. The van der Waals surface area contributed by atoms with Gasteiger partial charge in [0.05, 0.1) is 18.8 Å². The molecule has 6 atom stereocenters. The summed E-state index contributed by atoms with van der Waals surface area (Å²) >= 11 is 0. The van der Waals surface area contributed by atoms with Gasteiger partial charge >= 0.3 is 6.18 Å². The molecule has 1 unspecified atom stereocenters. The predicted molar refractivity (Wildman–Crippen MR) is 119 cm³/mol. The number of halogens is 3. The second-order valence-corrected chi connectivity index (χ2v) is 9.20. The number of hydrogen-bond donors (Lipinski definition) is 4.